The summed E-state index contributed by atoms with van der Waals surface area (Å²) in [4.78, 5) is 38.3. The quantitative estimate of drug-likeness (QED) is 0.554. The molecule has 7 heteroatoms. The van der Waals surface area contributed by atoms with Crippen LogP contribution in [0.2, 0.25) is 0 Å². The molecule has 0 fully saturated rings. The number of ether oxygens (including phenoxy) is 1. The van der Waals surface area contributed by atoms with Gasteiger partial charge in [0, 0.05) is 24.3 Å². The molecule has 0 radical (unpaired) electrons. The summed E-state index contributed by atoms with van der Waals surface area (Å²) >= 11 is 0. The van der Waals surface area contributed by atoms with Crippen LogP contribution in [0.4, 0.5) is 5.69 Å². The summed E-state index contributed by atoms with van der Waals surface area (Å²) in [5, 5.41) is 0. The molecule has 2 aromatic rings. The number of carbonyl (C=O) groups is 3. The standard InChI is InChI=1S/C22H27N3O4/c1-5-25(6-2)18-12-10-17(11-13-18)21(27)24-23-20(26)14-29-22(28)19-9-7-8-15(3)16(19)4/h7-13H,5-6,14H2,1-4H3,(H,23,26)(H,24,27). The number of carbonyl (C=O) groups excluding carboxylic acids is 3. The van der Waals surface area contributed by atoms with Crippen molar-refractivity contribution in [3.05, 3.63) is 64.7 Å². The van der Waals surface area contributed by atoms with Crippen LogP contribution < -0.4 is 15.8 Å². The fraction of sp³-hybridized carbons (Fsp3) is 0.318. The Morgan fingerprint density at radius 1 is 0.931 bits per heavy atom. The molecule has 29 heavy (non-hydrogen) atoms. The van der Waals surface area contributed by atoms with Gasteiger partial charge in [-0.2, -0.15) is 0 Å². The van der Waals surface area contributed by atoms with Crippen LogP contribution in [-0.2, 0) is 9.53 Å². The van der Waals surface area contributed by atoms with Gasteiger partial charge in [0.05, 0.1) is 5.56 Å². The zero-order valence-corrected chi connectivity index (χ0v) is 17.2. The predicted octanol–water partition coefficient (Wildman–Crippen LogP) is 2.77. The molecule has 2 aromatic carbocycles. The van der Waals surface area contributed by atoms with E-state index < -0.39 is 24.4 Å². The summed E-state index contributed by atoms with van der Waals surface area (Å²) < 4.78 is 5.02. The monoisotopic (exact) mass is 397 g/mol. The Labute approximate surface area is 171 Å². The summed E-state index contributed by atoms with van der Waals surface area (Å²) in [6.07, 6.45) is 0. The molecule has 2 N–H and O–H groups in total. The molecular formula is C22H27N3O4. The van der Waals surface area contributed by atoms with Crippen LogP contribution in [0.5, 0.6) is 0 Å². The van der Waals surface area contributed by atoms with E-state index in [2.05, 4.69) is 29.6 Å². The summed E-state index contributed by atoms with van der Waals surface area (Å²) in [7, 11) is 0. The zero-order valence-electron chi connectivity index (χ0n) is 17.2. The molecule has 0 aliphatic heterocycles. The largest absolute Gasteiger partial charge is 0.452 e. The molecule has 0 aromatic heterocycles. The van der Waals surface area contributed by atoms with Gasteiger partial charge in [0.25, 0.3) is 11.8 Å². The first-order chi connectivity index (χ1) is 13.9. The Bertz CT molecular complexity index is 874. The van der Waals surface area contributed by atoms with Crippen molar-refractivity contribution >= 4 is 23.5 Å². The van der Waals surface area contributed by atoms with Crippen molar-refractivity contribution in [3.63, 3.8) is 0 Å². The van der Waals surface area contributed by atoms with Crippen molar-refractivity contribution in [3.8, 4) is 0 Å². The smallest absolute Gasteiger partial charge is 0.338 e. The van der Waals surface area contributed by atoms with Crippen LogP contribution in [0, 0.1) is 13.8 Å². The Morgan fingerprint density at radius 2 is 1.59 bits per heavy atom. The second kappa shape index (κ2) is 10.3. The van der Waals surface area contributed by atoms with Gasteiger partial charge in [0.15, 0.2) is 6.61 Å². The van der Waals surface area contributed by atoms with Crippen LogP contribution in [-0.4, -0.2) is 37.5 Å². The van der Waals surface area contributed by atoms with E-state index >= 15 is 0 Å². The van der Waals surface area contributed by atoms with E-state index in [1.54, 1.807) is 24.3 Å². The molecule has 0 atom stereocenters. The van der Waals surface area contributed by atoms with E-state index in [1.165, 1.54) is 0 Å². The average molecular weight is 397 g/mol. The van der Waals surface area contributed by atoms with Crippen molar-refractivity contribution in [1.29, 1.82) is 0 Å². The molecule has 0 heterocycles. The fourth-order valence-electron chi connectivity index (χ4n) is 2.83. The van der Waals surface area contributed by atoms with Crippen LogP contribution >= 0.6 is 0 Å². The molecule has 0 saturated carbocycles. The average Bonchev–Trinajstić information content (AvgIpc) is 2.73. The minimum Gasteiger partial charge on any atom is -0.452 e. The predicted molar refractivity (Wildman–Crippen MR) is 112 cm³/mol. The van der Waals surface area contributed by atoms with Crippen LogP contribution in [0.15, 0.2) is 42.5 Å². The molecule has 0 aliphatic rings. The maximum Gasteiger partial charge on any atom is 0.338 e. The third kappa shape index (κ3) is 5.81. The maximum atomic E-state index is 12.2. The number of amides is 2. The fourth-order valence-corrected chi connectivity index (χ4v) is 2.83. The Balaban J connectivity index is 1.83. The van der Waals surface area contributed by atoms with Gasteiger partial charge in [-0.25, -0.2) is 4.79 Å². The van der Waals surface area contributed by atoms with E-state index in [9.17, 15) is 14.4 Å². The first-order valence-electron chi connectivity index (χ1n) is 9.54. The highest BCUT2D eigenvalue weighted by atomic mass is 16.5. The molecule has 0 aliphatic carbocycles. The third-order valence-corrected chi connectivity index (χ3v) is 4.73. The number of aryl methyl sites for hydroxylation is 1. The number of anilines is 1. The highest BCUT2D eigenvalue weighted by molar-refractivity contribution is 5.96. The lowest BCUT2D eigenvalue weighted by Gasteiger charge is -2.21. The van der Waals surface area contributed by atoms with Gasteiger partial charge in [-0.15, -0.1) is 0 Å². The molecule has 2 amide bonds. The summed E-state index contributed by atoms with van der Waals surface area (Å²) in [5.74, 6) is -1.67. The van der Waals surface area contributed by atoms with Crippen LogP contribution in [0.25, 0.3) is 0 Å². The zero-order chi connectivity index (χ0) is 21.4. The number of nitrogens with zero attached hydrogens (tertiary/aromatic N) is 1. The molecule has 0 bridgehead atoms. The van der Waals surface area contributed by atoms with E-state index in [-0.39, 0.29) is 0 Å². The van der Waals surface area contributed by atoms with E-state index in [0.717, 1.165) is 29.9 Å². The van der Waals surface area contributed by atoms with E-state index in [1.807, 2.05) is 32.0 Å². The van der Waals surface area contributed by atoms with Gasteiger partial charge >= 0.3 is 5.97 Å². The Morgan fingerprint density at radius 3 is 2.21 bits per heavy atom. The molecule has 2 rings (SSSR count). The van der Waals surface area contributed by atoms with Gasteiger partial charge in [-0.3, -0.25) is 20.4 Å². The minimum atomic E-state index is -0.628. The number of hydrazine groups is 1. The highest BCUT2D eigenvalue weighted by Gasteiger charge is 2.14. The molecule has 0 unspecified atom stereocenters. The normalized spacial score (nSPS) is 10.2. The number of nitrogens with one attached hydrogen (secondary N) is 2. The van der Waals surface area contributed by atoms with Crippen molar-refractivity contribution in [1.82, 2.24) is 10.9 Å². The second-order valence-corrected chi connectivity index (χ2v) is 6.55. The van der Waals surface area contributed by atoms with Crippen molar-refractivity contribution in [2.24, 2.45) is 0 Å². The second-order valence-electron chi connectivity index (χ2n) is 6.55. The number of rotatable bonds is 7. The Hall–Kier alpha value is -3.35. The number of hydrogen-bond donors (Lipinski definition) is 2. The van der Waals surface area contributed by atoms with Gasteiger partial charge in [-0.05, 0) is 69.2 Å². The highest BCUT2D eigenvalue weighted by Crippen LogP contribution is 2.15. The Kier molecular flexibility index (Phi) is 7.77. The SMILES string of the molecule is CCN(CC)c1ccc(C(=O)NNC(=O)COC(=O)c2cccc(C)c2C)cc1. The van der Waals surface area contributed by atoms with E-state index in [0.29, 0.717) is 11.1 Å². The third-order valence-electron chi connectivity index (χ3n) is 4.73. The summed E-state index contributed by atoms with van der Waals surface area (Å²) in [6, 6.07) is 12.4. The van der Waals surface area contributed by atoms with Crippen molar-refractivity contribution in [2.45, 2.75) is 27.7 Å². The number of esters is 1. The topological polar surface area (TPSA) is 87.7 Å². The molecule has 154 valence electrons. The van der Waals surface area contributed by atoms with Gasteiger partial charge in [-0.1, -0.05) is 12.1 Å². The lowest BCUT2D eigenvalue weighted by molar-refractivity contribution is -0.125. The number of benzene rings is 2. The molecule has 0 saturated heterocycles. The van der Waals surface area contributed by atoms with Crippen LogP contribution in [0.3, 0.4) is 0 Å². The van der Waals surface area contributed by atoms with Crippen molar-refractivity contribution < 1.29 is 19.1 Å². The first-order valence-corrected chi connectivity index (χ1v) is 9.54. The molecular weight excluding hydrogens is 370 g/mol. The van der Waals surface area contributed by atoms with Crippen molar-refractivity contribution in [2.75, 3.05) is 24.6 Å². The van der Waals surface area contributed by atoms with Gasteiger partial charge in [0.2, 0.25) is 0 Å². The van der Waals surface area contributed by atoms with E-state index in [4.69, 9.17) is 4.74 Å². The first kappa shape index (κ1) is 21.9. The molecule has 0 spiro atoms. The summed E-state index contributed by atoms with van der Waals surface area (Å²) in [5.41, 5.74) is 8.17. The van der Waals surface area contributed by atoms with Gasteiger partial charge in [0.1, 0.15) is 0 Å². The lowest BCUT2D eigenvalue weighted by Crippen LogP contribution is -2.43. The maximum absolute atomic E-state index is 12.2. The molecule has 7 nitrogen and oxygen atoms in total. The lowest BCUT2D eigenvalue weighted by atomic mass is 10.0. The number of hydrogen-bond acceptors (Lipinski definition) is 5. The summed E-state index contributed by atoms with van der Waals surface area (Å²) in [6.45, 7) is 9.09. The minimum absolute atomic E-state index is 0.411. The van der Waals surface area contributed by atoms with Gasteiger partial charge < -0.3 is 9.64 Å². The van der Waals surface area contributed by atoms with Crippen LogP contribution in [0.1, 0.15) is 45.7 Å².